The van der Waals surface area contributed by atoms with E-state index in [2.05, 4.69) is 5.32 Å². The molecule has 0 aliphatic heterocycles. The minimum atomic E-state index is -0.614. The molecule has 0 unspecified atom stereocenters. The third-order valence-corrected chi connectivity index (χ3v) is 2.37. The van der Waals surface area contributed by atoms with Crippen LogP contribution in [0.2, 0.25) is 0 Å². The Morgan fingerprint density at radius 1 is 1.50 bits per heavy atom. The van der Waals surface area contributed by atoms with Crippen LogP contribution in [0.3, 0.4) is 0 Å². The van der Waals surface area contributed by atoms with E-state index in [4.69, 9.17) is 10.00 Å². The molecule has 1 aromatic carbocycles. The van der Waals surface area contributed by atoms with Crippen molar-refractivity contribution in [2.24, 2.45) is 0 Å². The van der Waals surface area contributed by atoms with Gasteiger partial charge in [0.25, 0.3) is 0 Å². The minimum absolute atomic E-state index is 0.0446. The van der Waals surface area contributed by atoms with Gasteiger partial charge in [-0.3, -0.25) is 0 Å². The zero-order valence-corrected chi connectivity index (χ0v) is 10.8. The number of esters is 1. The summed E-state index contributed by atoms with van der Waals surface area (Å²) in [5.41, 5.74) is 3.02. The van der Waals surface area contributed by atoms with E-state index in [1.807, 2.05) is 38.1 Å². The standard InChI is InChI=1S/C14H16N2O2/c1-4-18-14(17)12(8-15)9-16-13-6-5-10(2)7-11(13)3/h5-7,9,16H,4H2,1-3H3. The first-order chi connectivity index (χ1) is 8.58. The number of nitrogens with one attached hydrogen (secondary N) is 1. The molecule has 0 bridgehead atoms. The van der Waals surface area contributed by atoms with Gasteiger partial charge < -0.3 is 10.1 Å². The smallest absolute Gasteiger partial charge is 0.350 e. The number of ether oxygens (including phenoxy) is 1. The lowest BCUT2D eigenvalue weighted by atomic mass is 10.1. The predicted molar refractivity (Wildman–Crippen MR) is 69.9 cm³/mol. The molecule has 0 fully saturated rings. The summed E-state index contributed by atoms with van der Waals surface area (Å²) in [7, 11) is 0. The van der Waals surface area contributed by atoms with Gasteiger partial charge in [0.2, 0.25) is 0 Å². The summed E-state index contributed by atoms with van der Waals surface area (Å²) in [4.78, 5) is 11.4. The maximum Gasteiger partial charge on any atom is 0.350 e. The second kappa shape index (κ2) is 6.45. The molecular weight excluding hydrogens is 228 g/mol. The highest BCUT2D eigenvalue weighted by molar-refractivity contribution is 5.93. The number of anilines is 1. The first-order valence-electron chi connectivity index (χ1n) is 5.69. The van der Waals surface area contributed by atoms with Crippen molar-refractivity contribution in [3.05, 3.63) is 41.1 Å². The predicted octanol–water partition coefficient (Wildman–Crippen LogP) is 2.69. The number of carbonyl (C=O) groups excluding carboxylic acids is 1. The van der Waals surface area contributed by atoms with Gasteiger partial charge in [0.05, 0.1) is 6.61 Å². The summed E-state index contributed by atoms with van der Waals surface area (Å²) in [6.07, 6.45) is 1.37. The molecule has 0 aliphatic carbocycles. The number of hydrogen-bond donors (Lipinski definition) is 1. The summed E-state index contributed by atoms with van der Waals surface area (Å²) >= 11 is 0. The number of rotatable bonds is 4. The van der Waals surface area contributed by atoms with Gasteiger partial charge in [-0.05, 0) is 32.4 Å². The van der Waals surface area contributed by atoms with E-state index in [0.717, 1.165) is 16.8 Å². The average Bonchev–Trinajstić information content (AvgIpc) is 2.32. The summed E-state index contributed by atoms with van der Waals surface area (Å²) in [5, 5.41) is 11.8. The molecule has 4 heteroatoms. The molecule has 0 heterocycles. The Balaban J connectivity index is 2.84. The number of benzene rings is 1. The molecule has 1 rings (SSSR count). The topological polar surface area (TPSA) is 62.1 Å². The molecule has 0 saturated heterocycles. The Kier molecular flexibility index (Phi) is 4.94. The zero-order valence-electron chi connectivity index (χ0n) is 10.8. The third-order valence-electron chi connectivity index (χ3n) is 2.37. The van der Waals surface area contributed by atoms with Crippen molar-refractivity contribution >= 4 is 11.7 Å². The fourth-order valence-corrected chi connectivity index (χ4v) is 1.47. The van der Waals surface area contributed by atoms with Crippen molar-refractivity contribution in [1.29, 1.82) is 5.26 Å². The SMILES string of the molecule is CCOC(=O)C(C#N)=CNc1ccc(C)cc1C. The van der Waals surface area contributed by atoms with Crippen LogP contribution >= 0.6 is 0 Å². The van der Waals surface area contributed by atoms with E-state index in [1.165, 1.54) is 6.20 Å². The van der Waals surface area contributed by atoms with Crippen LogP contribution in [0.15, 0.2) is 30.0 Å². The molecule has 1 aromatic rings. The normalized spacial score (nSPS) is 10.7. The highest BCUT2D eigenvalue weighted by Crippen LogP contribution is 2.16. The average molecular weight is 244 g/mol. The van der Waals surface area contributed by atoms with Crippen molar-refractivity contribution in [3.63, 3.8) is 0 Å². The maximum absolute atomic E-state index is 11.4. The maximum atomic E-state index is 11.4. The van der Waals surface area contributed by atoms with E-state index in [9.17, 15) is 4.79 Å². The number of aryl methyl sites for hydroxylation is 2. The van der Waals surface area contributed by atoms with E-state index in [-0.39, 0.29) is 12.2 Å². The van der Waals surface area contributed by atoms with Gasteiger partial charge in [0.1, 0.15) is 6.07 Å². The van der Waals surface area contributed by atoms with Crippen LogP contribution in [-0.2, 0) is 9.53 Å². The van der Waals surface area contributed by atoms with Crippen molar-refractivity contribution in [1.82, 2.24) is 0 Å². The minimum Gasteiger partial charge on any atom is -0.462 e. The van der Waals surface area contributed by atoms with Crippen molar-refractivity contribution in [3.8, 4) is 6.07 Å². The van der Waals surface area contributed by atoms with E-state index < -0.39 is 5.97 Å². The molecule has 0 radical (unpaired) electrons. The van der Waals surface area contributed by atoms with Crippen LogP contribution in [-0.4, -0.2) is 12.6 Å². The zero-order chi connectivity index (χ0) is 13.5. The van der Waals surface area contributed by atoms with Gasteiger partial charge >= 0.3 is 5.97 Å². The largest absolute Gasteiger partial charge is 0.462 e. The number of nitrogens with zero attached hydrogens (tertiary/aromatic N) is 1. The van der Waals surface area contributed by atoms with E-state index in [0.29, 0.717) is 0 Å². The molecule has 0 atom stereocenters. The number of hydrogen-bond acceptors (Lipinski definition) is 4. The third kappa shape index (κ3) is 3.63. The molecule has 1 N–H and O–H groups in total. The fraction of sp³-hybridized carbons (Fsp3) is 0.286. The van der Waals surface area contributed by atoms with Crippen LogP contribution in [0.25, 0.3) is 0 Å². The molecule has 0 spiro atoms. The molecular formula is C14H16N2O2. The van der Waals surface area contributed by atoms with Crippen LogP contribution in [0.1, 0.15) is 18.1 Å². The van der Waals surface area contributed by atoms with Crippen LogP contribution in [0, 0.1) is 25.2 Å². The summed E-state index contributed by atoms with van der Waals surface area (Å²) < 4.78 is 4.76. The van der Waals surface area contributed by atoms with Gasteiger partial charge in [-0.2, -0.15) is 5.26 Å². The number of nitriles is 1. The quantitative estimate of drug-likeness (QED) is 0.502. The molecule has 0 aliphatic rings. The van der Waals surface area contributed by atoms with Gasteiger partial charge in [-0.1, -0.05) is 17.7 Å². The lowest BCUT2D eigenvalue weighted by Crippen LogP contribution is -2.08. The van der Waals surface area contributed by atoms with E-state index in [1.54, 1.807) is 6.92 Å². The second-order valence-corrected chi connectivity index (χ2v) is 3.85. The Labute approximate surface area is 107 Å². The Morgan fingerprint density at radius 2 is 2.22 bits per heavy atom. The molecule has 0 amide bonds. The fourth-order valence-electron chi connectivity index (χ4n) is 1.47. The van der Waals surface area contributed by atoms with E-state index >= 15 is 0 Å². The van der Waals surface area contributed by atoms with Gasteiger partial charge in [0, 0.05) is 11.9 Å². The monoisotopic (exact) mass is 244 g/mol. The molecule has 0 aromatic heterocycles. The summed E-state index contributed by atoms with van der Waals surface area (Å²) in [5.74, 6) is -0.614. The summed E-state index contributed by atoms with van der Waals surface area (Å²) in [6, 6.07) is 7.69. The van der Waals surface area contributed by atoms with Gasteiger partial charge in [-0.25, -0.2) is 4.79 Å². The lowest BCUT2D eigenvalue weighted by Gasteiger charge is -2.07. The van der Waals surface area contributed by atoms with Crippen LogP contribution < -0.4 is 5.32 Å². The first kappa shape index (κ1) is 13.8. The van der Waals surface area contributed by atoms with Crippen molar-refractivity contribution in [2.45, 2.75) is 20.8 Å². The van der Waals surface area contributed by atoms with Crippen LogP contribution in [0.4, 0.5) is 5.69 Å². The summed E-state index contributed by atoms with van der Waals surface area (Å²) in [6.45, 7) is 5.91. The highest BCUT2D eigenvalue weighted by Gasteiger charge is 2.09. The molecule has 0 saturated carbocycles. The molecule has 4 nitrogen and oxygen atoms in total. The lowest BCUT2D eigenvalue weighted by molar-refractivity contribution is -0.138. The Bertz CT molecular complexity index is 513. The Morgan fingerprint density at radius 3 is 2.78 bits per heavy atom. The van der Waals surface area contributed by atoms with Crippen molar-refractivity contribution < 1.29 is 9.53 Å². The Hall–Kier alpha value is -2.28. The second-order valence-electron chi connectivity index (χ2n) is 3.85. The van der Waals surface area contributed by atoms with Crippen LogP contribution in [0.5, 0.6) is 0 Å². The highest BCUT2D eigenvalue weighted by atomic mass is 16.5. The van der Waals surface area contributed by atoms with Gasteiger partial charge in [0.15, 0.2) is 5.57 Å². The first-order valence-corrected chi connectivity index (χ1v) is 5.69. The molecule has 18 heavy (non-hydrogen) atoms. The number of carbonyl (C=O) groups is 1. The van der Waals surface area contributed by atoms with Crippen molar-refractivity contribution in [2.75, 3.05) is 11.9 Å². The molecule has 94 valence electrons. The van der Waals surface area contributed by atoms with Gasteiger partial charge in [-0.15, -0.1) is 0 Å².